The second-order valence-corrected chi connectivity index (χ2v) is 6.65. The molecule has 2 aromatic heterocycles. The Balaban J connectivity index is 2.44. The average Bonchev–Trinajstić information content (AvgIpc) is 2.72. The largest absolute Gasteiger partial charge is 0.465 e. The van der Waals surface area contributed by atoms with Crippen LogP contribution < -0.4 is 5.56 Å². The molecule has 2 rings (SSSR count). The fourth-order valence-electron chi connectivity index (χ4n) is 2.02. The van der Waals surface area contributed by atoms with Crippen LogP contribution in [0.5, 0.6) is 0 Å². The molecule has 114 valence electrons. The Hall–Kier alpha value is -1.34. The van der Waals surface area contributed by atoms with Crippen molar-refractivity contribution in [2.45, 2.75) is 39.4 Å². The SMILES string of the molecule is CCOC(=O)CSc1nc2sc(C)c(C)c2c(=O)n1CC. The van der Waals surface area contributed by atoms with Crippen molar-refractivity contribution in [3.8, 4) is 0 Å². The van der Waals surface area contributed by atoms with Gasteiger partial charge in [-0.25, -0.2) is 4.98 Å². The van der Waals surface area contributed by atoms with Gasteiger partial charge in [0.05, 0.1) is 17.7 Å². The van der Waals surface area contributed by atoms with E-state index in [-0.39, 0.29) is 17.3 Å². The number of aryl methyl sites for hydroxylation is 2. The zero-order valence-electron chi connectivity index (χ0n) is 12.6. The molecule has 0 N–H and O–H groups in total. The Bertz CT molecular complexity index is 734. The smallest absolute Gasteiger partial charge is 0.316 e. The number of hydrogen-bond donors (Lipinski definition) is 0. The molecule has 5 nitrogen and oxygen atoms in total. The second kappa shape index (κ2) is 6.62. The number of hydrogen-bond acceptors (Lipinski definition) is 6. The minimum atomic E-state index is -0.293. The summed E-state index contributed by atoms with van der Waals surface area (Å²) in [5, 5.41) is 1.27. The van der Waals surface area contributed by atoms with Gasteiger partial charge in [-0.3, -0.25) is 14.2 Å². The summed E-state index contributed by atoms with van der Waals surface area (Å²) in [5.74, 6) is -0.132. The van der Waals surface area contributed by atoms with Crippen LogP contribution in [0.1, 0.15) is 24.3 Å². The number of fused-ring (bicyclic) bond motifs is 1. The van der Waals surface area contributed by atoms with Gasteiger partial charge in [0.15, 0.2) is 5.16 Å². The minimum absolute atomic E-state index is 0.0318. The zero-order valence-corrected chi connectivity index (χ0v) is 14.2. The molecule has 7 heteroatoms. The van der Waals surface area contributed by atoms with Crippen LogP contribution in [0, 0.1) is 13.8 Å². The Morgan fingerprint density at radius 1 is 1.38 bits per heavy atom. The Morgan fingerprint density at radius 2 is 2.10 bits per heavy atom. The summed E-state index contributed by atoms with van der Waals surface area (Å²) in [4.78, 5) is 30.5. The summed E-state index contributed by atoms with van der Waals surface area (Å²) in [7, 11) is 0. The molecule has 0 unspecified atom stereocenters. The summed E-state index contributed by atoms with van der Waals surface area (Å²) >= 11 is 2.76. The van der Waals surface area contributed by atoms with Crippen molar-refractivity contribution in [2.24, 2.45) is 0 Å². The number of thioether (sulfide) groups is 1. The lowest BCUT2D eigenvalue weighted by atomic mass is 10.2. The highest BCUT2D eigenvalue weighted by atomic mass is 32.2. The summed E-state index contributed by atoms with van der Waals surface area (Å²) in [6.07, 6.45) is 0. The zero-order chi connectivity index (χ0) is 15.6. The normalized spacial score (nSPS) is 11.0. The second-order valence-electron chi connectivity index (χ2n) is 4.50. The van der Waals surface area contributed by atoms with Crippen LogP contribution in [0.4, 0.5) is 0 Å². The fourth-order valence-corrected chi connectivity index (χ4v) is 3.96. The van der Waals surface area contributed by atoms with E-state index in [2.05, 4.69) is 4.98 Å². The molecular formula is C14H18N2O3S2. The molecule has 0 saturated heterocycles. The summed E-state index contributed by atoms with van der Waals surface area (Å²) < 4.78 is 6.52. The van der Waals surface area contributed by atoms with Crippen LogP contribution in [0.2, 0.25) is 0 Å². The first kappa shape index (κ1) is 16.0. The molecule has 0 fully saturated rings. The fraction of sp³-hybridized carbons (Fsp3) is 0.500. The Kier molecular flexibility index (Phi) is 5.05. The van der Waals surface area contributed by atoms with E-state index in [0.29, 0.717) is 23.7 Å². The van der Waals surface area contributed by atoms with E-state index in [9.17, 15) is 9.59 Å². The van der Waals surface area contributed by atoms with E-state index in [1.165, 1.54) is 23.1 Å². The lowest BCUT2D eigenvalue weighted by Gasteiger charge is -2.09. The number of carbonyl (C=O) groups excluding carboxylic acids is 1. The third kappa shape index (κ3) is 3.13. The highest BCUT2D eigenvalue weighted by Gasteiger charge is 2.16. The standard InChI is InChI=1S/C14H18N2O3S2/c1-5-16-13(18)11-8(3)9(4)21-12(11)15-14(16)20-7-10(17)19-6-2/h5-7H2,1-4H3. The van der Waals surface area contributed by atoms with Gasteiger partial charge < -0.3 is 4.74 Å². The molecule has 0 aliphatic heterocycles. The van der Waals surface area contributed by atoms with Gasteiger partial charge in [-0.05, 0) is 33.3 Å². The van der Waals surface area contributed by atoms with Gasteiger partial charge in [0, 0.05) is 11.4 Å². The van der Waals surface area contributed by atoms with Crippen LogP contribution in [-0.4, -0.2) is 27.9 Å². The molecule has 21 heavy (non-hydrogen) atoms. The lowest BCUT2D eigenvalue weighted by molar-refractivity contribution is -0.139. The predicted molar refractivity (Wildman–Crippen MR) is 86.4 cm³/mol. The number of esters is 1. The van der Waals surface area contributed by atoms with Crippen molar-refractivity contribution in [2.75, 3.05) is 12.4 Å². The van der Waals surface area contributed by atoms with E-state index in [1.54, 1.807) is 11.5 Å². The van der Waals surface area contributed by atoms with E-state index in [1.807, 2.05) is 20.8 Å². The number of thiophene rings is 1. The molecule has 0 aliphatic carbocycles. The molecule has 2 aromatic rings. The maximum atomic E-state index is 12.6. The third-order valence-corrected chi connectivity index (χ3v) is 5.25. The molecular weight excluding hydrogens is 308 g/mol. The van der Waals surface area contributed by atoms with Crippen LogP contribution in [0.25, 0.3) is 10.2 Å². The molecule has 0 atom stereocenters. The number of nitrogens with zero attached hydrogens (tertiary/aromatic N) is 2. The van der Waals surface area contributed by atoms with Gasteiger partial charge in [0.2, 0.25) is 0 Å². The summed E-state index contributed by atoms with van der Waals surface area (Å²) in [6, 6.07) is 0. The van der Waals surface area contributed by atoms with Crippen molar-refractivity contribution < 1.29 is 9.53 Å². The monoisotopic (exact) mass is 326 g/mol. The number of carbonyl (C=O) groups is 1. The molecule has 0 spiro atoms. The highest BCUT2D eigenvalue weighted by molar-refractivity contribution is 7.99. The van der Waals surface area contributed by atoms with Crippen molar-refractivity contribution in [1.29, 1.82) is 0 Å². The van der Waals surface area contributed by atoms with E-state index >= 15 is 0 Å². The average molecular weight is 326 g/mol. The van der Waals surface area contributed by atoms with Crippen molar-refractivity contribution in [1.82, 2.24) is 9.55 Å². The number of rotatable bonds is 5. The van der Waals surface area contributed by atoms with Crippen LogP contribution >= 0.6 is 23.1 Å². The molecule has 0 bridgehead atoms. The van der Waals surface area contributed by atoms with E-state index < -0.39 is 0 Å². The van der Waals surface area contributed by atoms with Crippen LogP contribution in [0.3, 0.4) is 0 Å². The molecule has 2 heterocycles. The number of aromatic nitrogens is 2. The van der Waals surface area contributed by atoms with Gasteiger partial charge >= 0.3 is 5.97 Å². The van der Waals surface area contributed by atoms with Crippen molar-refractivity contribution in [3.05, 3.63) is 20.8 Å². The topological polar surface area (TPSA) is 61.2 Å². The van der Waals surface area contributed by atoms with Gasteiger partial charge in [-0.15, -0.1) is 11.3 Å². The first-order valence-corrected chi connectivity index (χ1v) is 8.58. The first-order chi connectivity index (χ1) is 9.99. The predicted octanol–water partition coefficient (Wildman–Crippen LogP) is 2.75. The molecule has 0 aliphatic rings. The molecule has 0 saturated carbocycles. The molecule has 0 amide bonds. The summed E-state index contributed by atoms with van der Waals surface area (Å²) in [5.41, 5.74) is 0.965. The molecule has 0 aromatic carbocycles. The van der Waals surface area contributed by atoms with Crippen LogP contribution in [-0.2, 0) is 16.1 Å². The first-order valence-electron chi connectivity index (χ1n) is 6.78. The minimum Gasteiger partial charge on any atom is -0.465 e. The van der Waals surface area contributed by atoms with Crippen molar-refractivity contribution in [3.63, 3.8) is 0 Å². The quantitative estimate of drug-likeness (QED) is 0.480. The van der Waals surface area contributed by atoms with E-state index in [4.69, 9.17) is 4.74 Å². The van der Waals surface area contributed by atoms with Crippen LogP contribution in [0.15, 0.2) is 9.95 Å². The maximum Gasteiger partial charge on any atom is 0.316 e. The third-order valence-electron chi connectivity index (χ3n) is 3.19. The Labute approximate surface area is 131 Å². The highest BCUT2D eigenvalue weighted by Crippen LogP contribution is 2.28. The van der Waals surface area contributed by atoms with Gasteiger partial charge in [0.25, 0.3) is 5.56 Å². The maximum absolute atomic E-state index is 12.6. The number of ether oxygens (including phenoxy) is 1. The van der Waals surface area contributed by atoms with Gasteiger partial charge in [0.1, 0.15) is 4.83 Å². The molecule has 0 radical (unpaired) electrons. The lowest BCUT2D eigenvalue weighted by Crippen LogP contribution is -2.23. The summed E-state index contributed by atoms with van der Waals surface area (Å²) in [6.45, 7) is 8.49. The van der Waals surface area contributed by atoms with Gasteiger partial charge in [-0.1, -0.05) is 11.8 Å². The van der Waals surface area contributed by atoms with Crippen molar-refractivity contribution >= 4 is 39.3 Å². The van der Waals surface area contributed by atoms with E-state index in [0.717, 1.165) is 15.3 Å². The van der Waals surface area contributed by atoms with Gasteiger partial charge in [-0.2, -0.15) is 0 Å². The Morgan fingerprint density at radius 3 is 2.71 bits per heavy atom.